The van der Waals surface area contributed by atoms with Crippen LogP contribution in [0.1, 0.15) is 35.9 Å². The molecule has 0 radical (unpaired) electrons. The van der Waals surface area contributed by atoms with Gasteiger partial charge in [-0.15, -0.1) is 0 Å². The molecule has 1 aromatic heterocycles. The van der Waals surface area contributed by atoms with E-state index < -0.39 is 5.97 Å². The van der Waals surface area contributed by atoms with Crippen LogP contribution in [0.15, 0.2) is 54.6 Å². The van der Waals surface area contributed by atoms with Crippen molar-refractivity contribution in [1.29, 1.82) is 0 Å². The van der Waals surface area contributed by atoms with Crippen molar-refractivity contribution in [1.82, 2.24) is 15.0 Å². The van der Waals surface area contributed by atoms with Crippen molar-refractivity contribution in [3.8, 4) is 5.75 Å². The molecule has 0 atom stereocenters. The molecule has 0 unspecified atom stereocenters. The summed E-state index contributed by atoms with van der Waals surface area (Å²) in [4.78, 5) is 35.5. The highest BCUT2D eigenvalue weighted by Gasteiger charge is 2.09. The summed E-state index contributed by atoms with van der Waals surface area (Å²) in [5.74, 6) is 0.792. The molecule has 0 aliphatic rings. The minimum atomic E-state index is -0.396. The molecule has 0 fully saturated rings. The van der Waals surface area contributed by atoms with Gasteiger partial charge in [0.25, 0.3) is 0 Å². The maximum atomic E-state index is 12.0. The number of carbonyl (C=O) groups is 2. The summed E-state index contributed by atoms with van der Waals surface area (Å²) in [6.07, 6.45) is 0.661. The quantitative estimate of drug-likeness (QED) is 0.288. The highest BCUT2D eigenvalue weighted by molar-refractivity contribution is 5.94. The summed E-state index contributed by atoms with van der Waals surface area (Å²) in [7, 11) is 0. The first-order valence-corrected chi connectivity index (χ1v) is 9.71. The zero-order chi connectivity index (χ0) is 22.1. The van der Waals surface area contributed by atoms with E-state index in [4.69, 9.17) is 15.2 Å². The number of esters is 1. The predicted molar refractivity (Wildman–Crippen MR) is 115 cm³/mol. The van der Waals surface area contributed by atoms with E-state index in [2.05, 4.69) is 20.3 Å². The van der Waals surface area contributed by atoms with E-state index in [1.807, 2.05) is 30.3 Å². The largest absolute Gasteiger partial charge is 0.494 e. The van der Waals surface area contributed by atoms with Gasteiger partial charge in [0.1, 0.15) is 5.75 Å². The van der Waals surface area contributed by atoms with Crippen molar-refractivity contribution in [3.05, 3.63) is 66.0 Å². The number of ketones is 1. The second-order valence-electron chi connectivity index (χ2n) is 6.62. The Balaban J connectivity index is 1.41. The Kier molecular flexibility index (Phi) is 7.47. The van der Waals surface area contributed by atoms with Crippen LogP contribution < -0.4 is 15.8 Å². The Morgan fingerprint density at radius 1 is 1.00 bits per heavy atom. The van der Waals surface area contributed by atoms with Crippen LogP contribution in [-0.4, -0.2) is 33.3 Å². The summed E-state index contributed by atoms with van der Waals surface area (Å²) < 4.78 is 10.8. The second kappa shape index (κ2) is 10.7. The third kappa shape index (κ3) is 7.07. The van der Waals surface area contributed by atoms with Gasteiger partial charge in [-0.3, -0.25) is 9.59 Å². The molecule has 0 amide bonds. The molecule has 0 saturated carbocycles. The van der Waals surface area contributed by atoms with Gasteiger partial charge in [-0.25, -0.2) is 0 Å². The van der Waals surface area contributed by atoms with Crippen LogP contribution in [0.5, 0.6) is 5.75 Å². The second-order valence-corrected chi connectivity index (χ2v) is 6.62. The van der Waals surface area contributed by atoms with Crippen LogP contribution in [0, 0.1) is 0 Å². The van der Waals surface area contributed by atoms with Gasteiger partial charge in [-0.2, -0.15) is 15.0 Å². The van der Waals surface area contributed by atoms with Crippen LogP contribution in [0.25, 0.3) is 0 Å². The molecule has 0 aliphatic heterocycles. The standard InChI is InChI=1S/C22H23N5O4/c1-15(28)16-9-11-18(12-10-16)30-13-5-8-20(29)31-14-19-25-21(23)27-22(26-19)24-17-6-3-2-4-7-17/h2-4,6-7,9-12H,5,8,13-14H2,1H3,(H3,23,24,25,26,27). The summed E-state index contributed by atoms with van der Waals surface area (Å²) in [6.45, 7) is 1.74. The van der Waals surface area contributed by atoms with Gasteiger partial charge in [0.15, 0.2) is 18.2 Å². The van der Waals surface area contributed by atoms with E-state index in [1.165, 1.54) is 6.92 Å². The lowest BCUT2D eigenvalue weighted by atomic mass is 10.1. The summed E-state index contributed by atoms with van der Waals surface area (Å²) >= 11 is 0. The van der Waals surface area contributed by atoms with E-state index in [9.17, 15) is 9.59 Å². The number of Topliss-reactive ketones (excluding diaryl/α,β-unsaturated/α-hetero) is 1. The van der Waals surface area contributed by atoms with Crippen LogP contribution in [-0.2, 0) is 16.1 Å². The maximum absolute atomic E-state index is 12.0. The number of carbonyl (C=O) groups excluding carboxylic acids is 2. The van der Waals surface area contributed by atoms with E-state index in [0.717, 1.165) is 5.69 Å². The number of nitrogens with zero attached hydrogens (tertiary/aromatic N) is 3. The summed E-state index contributed by atoms with van der Waals surface area (Å²) in [5.41, 5.74) is 7.14. The monoisotopic (exact) mass is 421 g/mol. The zero-order valence-corrected chi connectivity index (χ0v) is 17.1. The molecule has 1 heterocycles. The fourth-order valence-corrected chi connectivity index (χ4v) is 2.62. The summed E-state index contributed by atoms with van der Waals surface area (Å²) in [6, 6.07) is 16.2. The number of nitrogens with two attached hydrogens (primary N) is 1. The fraction of sp³-hybridized carbons (Fsp3) is 0.227. The molecule has 9 nitrogen and oxygen atoms in total. The molecule has 160 valence electrons. The number of hydrogen-bond acceptors (Lipinski definition) is 9. The molecular formula is C22H23N5O4. The Bertz CT molecular complexity index is 1030. The lowest BCUT2D eigenvalue weighted by Crippen LogP contribution is -2.11. The van der Waals surface area contributed by atoms with Crippen molar-refractivity contribution >= 4 is 29.3 Å². The number of rotatable bonds is 10. The highest BCUT2D eigenvalue weighted by Crippen LogP contribution is 2.14. The van der Waals surface area contributed by atoms with Gasteiger partial charge in [0.05, 0.1) is 6.61 Å². The third-order valence-electron chi connectivity index (χ3n) is 4.15. The molecule has 0 aliphatic carbocycles. The van der Waals surface area contributed by atoms with Crippen molar-refractivity contribution in [3.63, 3.8) is 0 Å². The highest BCUT2D eigenvalue weighted by atomic mass is 16.5. The number of anilines is 3. The number of hydrogen-bond donors (Lipinski definition) is 2. The van der Waals surface area contributed by atoms with Crippen molar-refractivity contribution in [2.24, 2.45) is 0 Å². The van der Waals surface area contributed by atoms with Crippen molar-refractivity contribution in [2.75, 3.05) is 17.7 Å². The number of aromatic nitrogens is 3. The number of ether oxygens (including phenoxy) is 2. The number of para-hydroxylation sites is 1. The van der Waals surface area contributed by atoms with Gasteiger partial charge in [-0.05, 0) is 49.7 Å². The molecule has 31 heavy (non-hydrogen) atoms. The molecular weight excluding hydrogens is 398 g/mol. The molecule has 3 rings (SSSR count). The Labute approximate surface area is 179 Å². The van der Waals surface area contributed by atoms with Crippen molar-refractivity contribution < 1.29 is 19.1 Å². The molecule has 0 spiro atoms. The summed E-state index contributed by atoms with van der Waals surface area (Å²) in [5, 5.41) is 3.02. The van der Waals surface area contributed by atoms with E-state index in [-0.39, 0.29) is 36.5 Å². The first kappa shape index (κ1) is 21.7. The Morgan fingerprint density at radius 2 is 1.74 bits per heavy atom. The van der Waals surface area contributed by atoms with Crippen LogP contribution >= 0.6 is 0 Å². The lowest BCUT2D eigenvalue weighted by Gasteiger charge is -2.08. The topological polar surface area (TPSA) is 129 Å². The molecule has 3 N–H and O–H groups in total. The average molecular weight is 421 g/mol. The Morgan fingerprint density at radius 3 is 2.45 bits per heavy atom. The maximum Gasteiger partial charge on any atom is 0.306 e. The SMILES string of the molecule is CC(=O)c1ccc(OCCCC(=O)OCc2nc(N)nc(Nc3ccccc3)n2)cc1. The van der Waals surface area contributed by atoms with Gasteiger partial charge in [0.2, 0.25) is 11.9 Å². The van der Waals surface area contributed by atoms with Gasteiger partial charge in [-0.1, -0.05) is 18.2 Å². The molecule has 2 aromatic carbocycles. The fourth-order valence-electron chi connectivity index (χ4n) is 2.62. The first-order chi connectivity index (χ1) is 15.0. The number of nitrogen functional groups attached to an aromatic ring is 1. The van der Waals surface area contributed by atoms with Gasteiger partial charge >= 0.3 is 5.97 Å². The van der Waals surface area contributed by atoms with Crippen molar-refractivity contribution in [2.45, 2.75) is 26.4 Å². The molecule has 0 saturated heterocycles. The van der Waals surface area contributed by atoms with E-state index in [1.54, 1.807) is 24.3 Å². The van der Waals surface area contributed by atoms with Crippen LogP contribution in [0.2, 0.25) is 0 Å². The van der Waals surface area contributed by atoms with Crippen LogP contribution in [0.3, 0.4) is 0 Å². The number of benzene rings is 2. The number of nitrogens with one attached hydrogen (secondary N) is 1. The molecule has 9 heteroatoms. The average Bonchev–Trinajstić information content (AvgIpc) is 2.76. The normalized spacial score (nSPS) is 10.4. The smallest absolute Gasteiger partial charge is 0.306 e. The van der Waals surface area contributed by atoms with E-state index >= 15 is 0 Å². The minimum Gasteiger partial charge on any atom is -0.494 e. The van der Waals surface area contributed by atoms with E-state index in [0.29, 0.717) is 24.3 Å². The Hall–Kier alpha value is -4.01. The molecule has 0 bridgehead atoms. The zero-order valence-electron chi connectivity index (χ0n) is 17.1. The predicted octanol–water partition coefficient (Wildman–Crippen LogP) is 3.30. The van der Waals surface area contributed by atoms with Gasteiger partial charge < -0.3 is 20.5 Å². The molecule has 3 aromatic rings. The van der Waals surface area contributed by atoms with Gasteiger partial charge in [0, 0.05) is 17.7 Å². The first-order valence-electron chi connectivity index (χ1n) is 9.71. The van der Waals surface area contributed by atoms with Crippen LogP contribution in [0.4, 0.5) is 17.6 Å². The third-order valence-corrected chi connectivity index (χ3v) is 4.15. The lowest BCUT2D eigenvalue weighted by molar-refractivity contribution is -0.145. The minimum absolute atomic E-state index is 0.00260.